The van der Waals surface area contributed by atoms with Crippen molar-refractivity contribution in [1.82, 2.24) is 5.48 Å². The molecule has 0 spiro atoms. The Morgan fingerprint density at radius 3 is 2.11 bits per heavy atom. The molecule has 0 radical (unpaired) electrons. The largest absolute Gasteiger partial charge is 0.457 e. The molecule has 1 aliphatic heterocycles. The summed E-state index contributed by atoms with van der Waals surface area (Å²) in [5, 5.41) is 9.08. The number of hydroxylamine groups is 1. The molecule has 1 fully saturated rings. The Kier molecular flexibility index (Phi) is 5.64. The fourth-order valence-corrected chi connectivity index (χ4v) is 6.63. The van der Waals surface area contributed by atoms with Gasteiger partial charge in [-0.3, -0.25) is 14.2 Å². The van der Waals surface area contributed by atoms with Crippen molar-refractivity contribution < 1.29 is 27.4 Å². The van der Waals surface area contributed by atoms with Crippen LogP contribution in [-0.2, 0) is 25.4 Å². The van der Waals surface area contributed by atoms with Gasteiger partial charge in [0.25, 0.3) is 5.91 Å². The number of benzene rings is 2. The average Bonchev–Trinajstić information content (AvgIpc) is 2.69. The molecule has 9 heteroatoms. The summed E-state index contributed by atoms with van der Waals surface area (Å²) in [6, 6.07) is 14.8. The first-order chi connectivity index (χ1) is 12.9. The maximum Gasteiger partial charge on any atom is 0.265 e. The van der Waals surface area contributed by atoms with E-state index in [-0.39, 0.29) is 29.2 Å². The van der Waals surface area contributed by atoms with E-state index in [1.54, 1.807) is 12.1 Å². The fraction of sp³-hybridized carbons (Fsp3) is 0.278. The second-order valence-corrected chi connectivity index (χ2v) is 10.1. The topological polar surface area (TPSA) is 110 Å². The van der Waals surface area contributed by atoms with E-state index >= 15 is 0 Å². The third kappa shape index (κ3) is 3.76. The number of ether oxygens (including phenoxy) is 1. The predicted molar refractivity (Wildman–Crippen MR) is 99.9 cm³/mol. The van der Waals surface area contributed by atoms with Crippen molar-refractivity contribution in [3.8, 4) is 11.5 Å². The van der Waals surface area contributed by atoms with Crippen LogP contribution in [-0.4, -0.2) is 40.0 Å². The zero-order chi connectivity index (χ0) is 19.5. The Morgan fingerprint density at radius 1 is 1.00 bits per heavy atom. The number of rotatable bonds is 5. The van der Waals surface area contributed by atoms with Crippen LogP contribution >= 0.6 is 0 Å². The molecule has 0 aliphatic carbocycles. The Bertz CT molecular complexity index is 932. The van der Waals surface area contributed by atoms with Crippen LogP contribution in [0.2, 0.25) is 0 Å². The first-order valence-corrected chi connectivity index (χ1v) is 11.2. The quantitative estimate of drug-likeness (QED) is 0.578. The highest BCUT2D eigenvalue weighted by Crippen LogP contribution is 2.36. The number of carbonyl (C=O) groups is 1. The molecule has 1 heterocycles. The Hall–Kier alpha value is -2.23. The van der Waals surface area contributed by atoms with Gasteiger partial charge in [0.1, 0.15) is 11.5 Å². The summed E-state index contributed by atoms with van der Waals surface area (Å²) in [5.41, 5.74) is 1.47. The number of hydrogen-bond acceptors (Lipinski definition) is 6. The molecule has 0 aromatic heterocycles. The summed E-state index contributed by atoms with van der Waals surface area (Å²) in [6.07, 6.45) is -0.229. The molecule has 0 atom stereocenters. The van der Waals surface area contributed by atoms with Crippen LogP contribution in [0.25, 0.3) is 0 Å². The fourth-order valence-electron chi connectivity index (χ4n) is 3.04. The molecular formula is C18H19NO6S2. The van der Waals surface area contributed by atoms with E-state index in [9.17, 15) is 17.4 Å². The molecule has 0 saturated carbocycles. The maximum absolute atomic E-state index is 13.2. The molecule has 3 rings (SSSR count). The van der Waals surface area contributed by atoms with Gasteiger partial charge in [-0.1, -0.05) is 18.2 Å². The SMILES string of the molecule is O=C(NO)C1(S(=O)(=O)c2ccc(Oc3ccccc3)cc2)CCS(=O)CC1. The van der Waals surface area contributed by atoms with Crippen LogP contribution in [0.1, 0.15) is 12.8 Å². The van der Waals surface area contributed by atoms with Gasteiger partial charge in [0.15, 0.2) is 14.6 Å². The van der Waals surface area contributed by atoms with Crippen molar-refractivity contribution in [2.24, 2.45) is 0 Å². The van der Waals surface area contributed by atoms with Gasteiger partial charge < -0.3 is 4.74 Å². The molecule has 1 saturated heterocycles. The van der Waals surface area contributed by atoms with Gasteiger partial charge in [0.2, 0.25) is 0 Å². The minimum atomic E-state index is -4.11. The molecule has 1 aliphatic rings. The summed E-state index contributed by atoms with van der Waals surface area (Å²) >= 11 is 0. The summed E-state index contributed by atoms with van der Waals surface area (Å²) < 4.78 is 41.8. The lowest BCUT2D eigenvalue weighted by Crippen LogP contribution is -2.55. The van der Waals surface area contributed by atoms with E-state index < -0.39 is 31.3 Å². The monoisotopic (exact) mass is 409 g/mol. The number of sulfone groups is 1. The van der Waals surface area contributed by atoms with Crippen molar-refractivity contribution in [2.45, 2.75) is 22.5 Å². The third-order valence-corrected chi connectivity index (χ3v) is 8.44. The second-order valence-electron chi connectivity index (χ2n) is 6.17. The Morgan fingerprint density at radius 2 is 1.56 bits per heavy atom. The van der Waals surface area contributed by atoms with E-state index in [2.05, 4.69) is 0 Å². The van der Waals surface area contributed by atoms with E-state index in [0.717, 1.165) is 0 Å². The highest BCUT2D eigenvalue weighted by Gasteiger charge is 2.52. The van der Waals surface area contributed by atoms with Crippen LogP contribution in [0, 0.1) is 0 Å². The smallest absolute Gasteiger partial charge is 0.265 e. The number of nitrogens with one attached hydrogen (secondary N) is 1. The summed E-state index contributed by atoms with van der Waals surface area (Å²) in [5.74, 6) is 0.234. The van der Waals surface area contributed by atoms with Crippen molar-refractivity contribution in [3.05, 3.63) is 54.6 Å². The third-order valence-electron chi connectivity index (χ3n) is 4.61. The number of amides is 1. The zero-order valence-corrected chi connectivity index (χ0v) is 16.0. The molecule has 0 unspecified atom stereocenters. The van der Waals surface area contributed by atoms with Crippen molar-refractivity contribution in [2.75, 3.05) is 11.5 Å². The maximum atomic E-state index is 13.2. The van der Waals surface area contributed by atoms with Crippen LogP contribution in [0.3, 0.4) is 0 Å². The van der Waals surface area contributed by atoms with Crippen molar-refractivity contribution in [3.63, 3.8) is 0 Å². The molecule has 1 amide bonds. The molecular weight excluding hydrogens is 390 g/mol. The summed E-state index contributed by atoms with van der Waals surface area (Å²) in [7, 11) is -5.28. The molecule has 27 heavy (non-hydrogen) atoms. The van der Waals surface area contributed by atoms with Gasteiger partial charge in [-0.2, -0.15) is 0 Å². The van der Waals surface area contributed by atoms with Crippen molar-refractivity contribution >= 4 is 26.5 Å². The van der Waals surface area contributed by atoms with E-state index in [4.69, 9.17) is 9.94 Å². The average molecular weight is 409 g/mol. The lowest BCUT2D eigenvalue weighted by Gasteiger charge is -2.33. The van der Waals surface area contributed by atoms with Crippen LogP contribution in [0.5, 0.6) is 11.5 Å². The number of carbonyl (C=O) groups excluding carboxylic acids is 1. The standard InChI is InChI=1S/C18H19NO6S2/c20-17(19-21)18(10-12-26(22)13-11-18)27(23,24)16-8-6-15(7-9-16)25-14-4-2-1-3-5-14/h1-9,21H,10-13H2,(H,19,20). The minimum Gasteiger partial charge on any atom is -0.457 e. The lowest BCUT2D eigenvalue weighted by atomic mass is 10.0. The molecule has 144 valence electrons. The van der Waals surface area contributed by atoms with Gasteiger partial charge >= 0.3 is 0 Å². The van der Waals surface area contributed by atoms with Crippen molar-refractivity contribution in [1.29, 1.82) is 0 Å². The normalized spacial score (nSPS) is 22.8. The molecule has 2 aromatic rings. The van der Waals surface area contributed by atoms with E-state index in [1.807, 2.05) is 18.2 Å². The van der Waals surface area contributed by atoms with Crippen LogP contribution < -0.4 is 10.2 Å². The first kappa shape index (κ1) is 19.5. The Balaban J connectivity index is 1.91. The summed E-state index contributed by atoms with van der Waals surface area (Å²) in [6.45, 7) is 0. The van der Waals surface area contributed by atoms with E-state index in [1.165, 1.54) is 29.7 Å². The van der Waals surface area contributed by atoms with Crippen LogP contribution in [0.15, 0.2) is 59.5 Å². The number of hydrogen-bond donors (Lipinski definition) is 2. The molecule has 2 aromatic carbocycles. The summed E-state index contributed by atoms with van der Waals surface area (Å²) in [4.78, 5) is 12.2. The second kappa shape index (κ2) is 7.79. The lowest BCUT2D eigenvalue weighted by molar-refractivity contribution is -0.132. The predicted octanol–water partition coefficient (Wildman–Crippen LogP) is 2.04. The highest BCUT2D eigenvalue weighted by molar-refractivity contribution is 7.94. The van der Waals surface area contributed by atoms with E-state index in [0.29, 0.717) is 11.5 Å². The minimum absolute atomic E-state index is 0.0563. The van der Waals surface area contributed by atoms with Crippen LogP contribution in [0.4, 0.5) is 0 Å². The first-order valence-electron chi connectivity index (χ1n) is 8.26. The van der Waals surface area contributed by atoms with Gasteiger partial charge in [-0.15, -0.1) is 0 Å². The van der Waals surface area contributed by atoms with Gasteiger partial charge in [-0.25, -0.2) is 13.9 Å². The molecule has 2 N–H and O–H groups in total. The zero-order valence-electron chi connectivity index (χ0n) is 14.3. The molecule has 7 nitrogen and oxygen atoms in total. The Labute approximate surface area is 159 Å². The number of para-hydroxylation sites is 1. The molecule has 0 bridgehead atoms. The van der Waals surface area contributed by atoms with Gasteiger partial charge in [0.05, 0.1) is 4.90 Å². The van der Waals surface area contributed by atoms with Gasteiger partial charge in [-0.05, 0) is 49.2 Å². The van der Waals surface area contributed by atoms with Gasteiger partial charge in [0, 0.05) is 22.3 Å². The highest BCUT2D eigenvalue weighted by atomic mass is 32.2.